The zero-order valence-corrected chi connectivity index (χ0v) is 6.60. The number of pyridine rings is 1. The van der Waals surface area contributed by atoms with Crippen LogP contribution in [0.15, 0.2) is 24.5 Å². The Hall–Kier alpha value is -1.38. The van der Waals surface area contributed by atoms with E-state index in [1.807, 2.05) is 12.1 Å². The van der Waals surface area contributed by atoms with Crippen molar-refractivity contribution in [3.8, 4) is 0 Å². The monoisotopic (exact) mass is 162 g/mol. The highest BCUT2D eigenvalue weighted by atomic mass is 16.1. The van der Waals surface area contributed by atoms with Gasteiger partial charge < -0.3 is 5.73 Å². The first-order chi connectivity index (χ1) is 5.79. The van der Waals surface area contributed by atoms with E-state index in [9.17, 15) is 4.79 Å². The number of hydrogen-bond donors (Lipinski definition) is 1. The van der Waals surface area contributed by atoms with E-state index in [2.05, 4.69) is 4.98 Å². The molecule has 3 nitrogen and oxygen atoms in total. The van der Waals surface area contributed by atoms with E-state index in [0.717, 1.165) is 6.42 Å². The summed E-state index contributed by atoms with van der Waals surface area (Å²) in [6, 6.07) is 3.88. The van der Waals surface area contributed by atoms with Crippen molar-refractivity contribution in [3.05, 3.63) is 30.1 Å². The smallest absolute Gasteiger partial charge is 0.221 e. The number of carbonyl (C=O) groups excluding carboxylic acids is 1. The molecule has 1 aliphatic carbocycles. The summed E-state index contributed by atoms with van der Waals surface area (Å²) in [6.45, 7) is 0. The van der Waals surface area contributed by atoms with Crippen molar-refractivity contribution in [2.24, 2.45) is 11.7 Å². The van der Waals surface area contributed by atoms with Crippen molar-refractivity contribution in [3.63, 3.8) is 0 Å². The molecule has 0 saturated heterocycles. The number of hydrogen-bond acceptors (Lipinski definition) is 2. The summed E-state index contributed by atoms with van der Waals surface area (Å²) in [5.41, 5.74) is 6.35. The molecule has 1 fully saturated rings. The summed E-state index contributed by atoms with van der Waals surface area (Å²) in [5, 5.41) is 0. The lowest BCUT2D eigenvalue weighted by molar-refractivity contribution is -0.119. The molecule has 1 aliphatic rings. The van der Waals surface area contributed by atoms with Crippen LogP contribution in [0.4, 0.5) is 0 Å². The third-order valence-corrected chi connectivity index (χ3v) is 2.29. The molecule has 2 rings (SSSR count). The highest BCUT2D eigenvalue weighted by Crippen LogP contribution is 2.46. The number of primary amides is 1. The quantitative estimate of drug-likeness (QED) is 0.694. The van der Waals surface area contributed by atoms with Crippen molar-refractivity contribution in [2.45, 2.75) is 12.3 Å². The third kappa shape index (κ3) is 1.18. The molecule has 1 aromatic rings. The molecule has 1 aromatic heterocycles. The maximum atomic E-state index is 10.8. The predicted molar refractivity (Wildman–Crippen MR) is 44.3 cm³/mol. The minimum absolute atomic E-state index is 0.0624. The molecule has 0 aliphatic heterocycles. The Kier molecular flexibility index (Phi) is 1.57. The molecule has 0 spiro atoms. The summed E-state index contributed by atoms with van der Waals surface area (Å²) in [7, 11) is 0. The van der Waals surface area contributed by atoms with Crippen LogP contribution < -0.4 is 5.73 Å². The molecule has 62 valence electrons. The van der Waals surface area contributed by atoms with Crippen LogP contribution in [0.2, 0.25) is 0 Å². The van der Waals surface area contributed by atoms with Crippen molar-refractivity contribution in [1.29, 1.82) is 0 Å². The second-order valence-corrected chi connectivity index (χ2v) is 3.13. The van der Waals surface area contributed by atoms with Gasteiger partial charge in [-0.2, -0.15) is 0 Å². The van der Waals surface area contributed by atoms with E-state index in [1.54, 1.807) is 12.4 Å². The Morgan fingerprint density at radius 3 is 2.67 bits per heavy atom. The maximum absolute atomic E-state index is 10.8. The van der Waals surface area contributed by atoms with E-state index in [4.69, 9.17) is 5.73 Å². The van der Waals surface area contributed by atoms with Gasteiger partial charge in [-0.15, -0.1) is 0 Å². The third-order valence-electron chi connectivity index (χ3n) is 2.29. The van der Waals surface area contributed by atoms with Gasteiger partial charge in [-0.25, -0.2) is 0 Å². The van der Waals surface area contributed by atoms with E-state index in [0.29, 0.717) is 5.92 Å². The van der Waals surface area contributed by atoms with Crippen LogP contribution in [0.25, 0.3) is 0 Å². The van der Waals surface area contributed by atoms with Gasteiger partial charge in [0.2, 0.25) is 5.91 Å². The van der Waals surface area contributed by atoms with Gasteiger partial charge in [0.15, 0.2) is 0 Å². The minimum atomic E-state index is -0.184. The highest BCUT2D eigenvalue weighted by molar-refractivity contribution is 5.81. The first kappa shape index (κ1) is 7.28. The molecule has 0 radical (unpaired) electrons. The zero-order chi connectivity index (χ0) is 8.55. The first-order valence-electron chi connectivity index (χ1n) is 3.98. The molecule has 1 heterocycles. The van der Waals surface area contributed by atoms with Crippen LogP contribution in [-0.4, -0.2) is 10.9 Å². The van der Waals surface area contributed by atoms with Gasteiger partial charge in [0.05, 0.1) is 0 Å². The standard InChI is InChI=1S/C9H10N2O/c10-9(12)8-5-7(8)6-1-3-11-4-2-6/h1-4,7-8H,5H2,(H2,10,12)/t7-,8+/m0/s1. The van der Waals surface area contributed by atoms with Crippen LogP contribution in [0.1, 0.15) is 17.9 Å². The van der Waals surface area contributed by atoms with Crippen LogP contribution in [0, 0.1) is 5.92 Å². The lowest BCUT2D eigenvalue weighted by Gasteiger charge is -1.95. The second kappa shape index (κ2) is 2.59. The van der Waals surface area contributed by atoms with Crippen LogP contribution in [0.5, 0.6) is 0 Å². The molecular weight excluding hydrogens is 152 g/mol. The number of aromatic nitrogens is 1. The van der Waals surface area contributed by atoms with Crippen LogP contribution >= 0.6 is 0 Å². The van der Waals surface area contributed by atoms with Gasteiger partial charge >= 0.3 is 0 Å². The maximum Gasteiger partial charge on any atom is 0.221 e. The number of rotatable bonds is 2. The molecule has 3 heteroatoms. The Morgan fingerprint density at radius 1 is 1.50 bits per heavy atom. The fourth-order valence-electron chi connectivity index (χ4n) is 1.49. The van der Waals surface area contributed by atoms with Crippen LogP contribution in [0.3, 0.4) is 0 Å². The van der Waals surface area contributed by atoms with Crippen molar-refractivity contribution in [1.82, 2.24) is 4.98 Å². The normalized spacial score (nSPS) is 26.7. The number of carbonyl (C=O) groups is 1. The fraction of sp³-hybridized carbons (Fsp3) is 0.333. The average molecular weight is 162 g/mol. The van der Waals surface area contributed by atoms with Gasteiger partial charge in [0.25, 0.3) is 0 Å². The SMILES string of the molecule is NC(=O)[C@@H]1C[C@H]1c1ccncc1. The molecular formula is C9H10N2O. The summed E-state index contributed by atoms with van der Waals surface area (Å²) in [6.07, 6.45) is 4.39. The predicted octanol–water partition coefficient (Wildman–Crippen LogP) is 0.670. The van der Waals surface area contributed by atoms with Crippen LogP contribution in [-0.2, 0) is 4.79 Å². The molecule has 2 atom stereocenters. The topological polar surface area (TPSA) is 56.0 Å². The molecule has 1 amide bonds. The van der Waals surface area contributed by atoms with Gasteiger partial charge in [0, 0.05) is 18.3 Å². The second-order valence-electron chi connectivity index (χ2n) is 3.13. The molecule has 0 unspecified atom stereocenters. The largest absolute Gasteiger partial charge is 0.369 e. The van der Waals surface area contributed by atoms with Gasteiger partial charge in [-0.1, -0.05) is 0 Å². The fourth-order valence-corrected chi connectivity index (χ4v) is 1.49. The molecule has 12 heavy (non-hydrogen) atoms. The summed E-state index contributed by atoms with van der Waals surface area (Å²) < 4.78 is 0. The lowest BCUT2D eigenvalue weighted by atomic mass is 10.1. The number of nitrogens with two attached hydrogens (primary N) is 1. The lowest BCUT2D eigenvalue weighted by Crippen LogP contribution is -2.13. The van der Waals surface area contributed by atoms with Gasteiger partial charge in [-0.3, -0.25) is 9.78 Å². The molecule has 1 saturated carbocycles. The Bertz CT molecular complexity index is 297. The average Bonchev–Trinajstić information content (AvgIpc) is 2.84. The van der Waals surface area contributed by atoms with Gasteiger partial charge in [-0.05, 0) is 30.0 Å². The van der Waals surface area contributed by atoms with Gasteiger partial charge in [0.1, 0.15) is 0 Å². The molecule has 0 aromatic carbocycles. The number of nitrogens with zero attached hydrogens (tertiary/aromatic N) is 1. The minimum Gasteiger partial charge on any atom is -0.369 e. The van der Waals surface area contributed by atoms with E-state index in [1.165, 1.54) is 5.56 Å². The summed E-state index contributed by atoms with van der Waals surface area (Å²) in [4.78, 5) is 14.7. The Labute approximate surface area is 70.6 Å². The van der Waals surface area contributed by atoms with E-state index < -0.39 is 0 Å². The Morgan fingerprint density at radius 2 is 2.17 bits per heavy atom. The first-order valence-corrected chi connectivity index (χ1v) is 3.98. The van der Waals surface area contributed by atoms with E-state index in [-0.39, 0.29) is 11.8 Å². The van der Waals surface area contributed by atoms with Crippen molar-refractivity contribution < 1.29 is 4.79 Å². The Balaban J connectivity index is 2.11. The van der Waals surface area contributed by atoms with Crippen molar-refractivity contribution >= 4 is 5.91 Å². The van der Waals surface area contributed by atoms with Crippen molar-refractivity contribution in [2.75, 3.05) is 0 Å². The highest BCUT2D eigenvalue weighted by Gasteiger charge is 2.42. The summed E-state index contributed by atoms with van der Waals surface area (Å²) >= 11 is 0. The summed E-state index contributed by atoms with van der Waals surface area (Å²) in [5.74, 6) is 0.231. The van der Waals surface area contributed by atoms with E-state index >= 15 is 0 Å². The molecule has 0 bridgehead atoms. The zero-order valence-electron chi connectivity index (χ0n) is 6.60. The number of amides is 1. The molecule has 2 N–H and O–H groups in total.